The first-order chi connectivity index (χ1) is 4.38. The van der Waals surface area contributed by atoms with Crippen molar-refractivity contribution in [1.29, 1.82) is 0 Å². The van der Waals surface area contributed by atoms with Crippen LogP contribution in [0.4, 0.5) is 0 Å². The molecule has 4 atom stereocenters. The normalized spacial score (nSPS) is 62.3. The number of hydrogen-bond acceptors (Lipinski definition) is 1. The summed E-state index contributed by atoms with van der Waals surface area (Å²) in [5.74, 6) is 2.29. The zero-order valence-corrected chi connectivity index (χ0v) is 5.88. The molecule has 4 bridgehead atoms. The van der Waals surface area contributed by atoms with Gasteiger partial charge in [0.05, 0.1) is 0 Å². The molecule has 2 aliphatic heterocycles. The van der Waals surface area contributed by atoms with Gasteiger partial charge in [0, 0.05) is 12.1 Å². The van der Waals surface area contributed by atoms with Gasteiger partial charge < -0.3 is 0 Å². The molecule has 0 aromatic rings. The maximum Gasteiger partial charge on any atom is 0.0159 e. The van der Waals surface area contributed by atoms with Gasteiger partial charge in [0.2, 0.25) is 0 Å². The molecule has 2 saturated carbocycles. The number of nitrogens with zero attached hydrogens (tertiary/aromatic N) is 1. The van der Waals surface area contributed by atoms with Gasteiger partial charge in [-0.25, -0.2) is 0 Å². The Morgan fingerprint density at radius 2 is 2.11 bits per heavy atom. The van der Waals surface area contributed by atoms with Crippen LogP contribution in [0.5, 0.6) is 0 Å². The van der Waals surface area contributed by atoms with Crippen molar-refractivity contribution in [3.63, 3.8) is 0 Å². The average molecular weight is 123 g/mol. The van der Waals surface area contributed by atoms with Crippen molar-refractivity contribution >= 4 is 0 Å². The molecule has 0 N–H and O–H groups in total. The highest BCUT2D eigenvalue weighted by molar-refractivity contribution is 5.15. The van der Waals surface area contributed by atoms with Gasteiger partial charge in [0.25, 0.3) is 0 Å². The van der Waals surface area contributed by atoms with Crippen molar-refractivity contribution in [3.8, 4) is 0 Å². The molecule has 1 nitrogen and oxygen atoms in total. The smallest absolute Gasteiger partial charge is 0.0159 e. The summed E-state index contributed by atoms with van der Waals surface area (Å²) in [6.45, 7) is 0. The van der Waals surface area contributed by atoms with Gasteiger partial charge in [-0.15, -0.1) is 0 Å². The van der Waals surface area contributed by atoms with Crippen LogP contribution in [0.2, 0.25) is 0 Å². The minimum absolute atomic E-state index is 0.991. The summed E-state index contributed by atoms with van der Waals surface area (Å²) in [6, 6.07) is 2.04. The van der Waals surface area contributed by atoms with E-state index in [4.69, 9.17) is 0 Å². The molecule has 9 heavy (non-hydrogen) atoms. The second kappa shape index (κ2) is 1.20. The molecule has 50 valence electrons. The molecule has 0 aromatic heterocycles. The quantitative estimate of drug-likeness (QED) is 0.466. The Morgan fingerprint density at radius 3 is 2.44 bits per heavy atom. The first kappa shape index (κ1) is 4.73. The Balaban J connectivity index is 1.98. The van der Waals surface area contributed by atoms with Crippen LogP contribution in [0.3, 0.4) is 0 Å². The van der Waals surface area contributed by atoms with Gasteiger partial charge in [-0.1, -0.05) is 0 Å². The van der Waals surface area contributed by atoms with E-state index in [0.29, 0.717) is 0 Å². The van der Waals surface area contributed by atoms with E-state index in [0.717, 1.165) is 23.9 Å². The number of hydrogen-bond donors (Lipinski definition) is 0. The van der Waals surface area contributed by atoms with Crippen molar-refractivity contribution in [2.75, 3.05) is 7.05 Å². The Bertz CT molecular complexity index is 149. The monoisotopic (exact) mass is 123 g/mol. The molecule has 2 aliphatic carbocycles. The number of rotatable bonds is 0. The lowest BCUT2D eigenvalue weighted by Crippen LogP contribution is -2.34. The van der Waals surface area contributed by atoms with Crippen molar-refractivity contribution in [1.82, 2.24) is 4.90 Å². The second-order valence-corrected chi connectivity index (χ2v) is 3.95. The first-order valence-electron chi connectivity index (χ1n) is 4.10. The van der Waals surface area contributed by atoms with Crippen LogP contribution in [0, 0.1) is 11.8 Å². The SMILES string of the molecule is CN1C2CCC3C(C2)C31. The molecule has 2 heterocycles. The Hall–Kier alpha value is -0.0400. The van der Waals surface area contributed by atoms with Crippen molar-refractivity contribution in [3.05, 3.63) is 0 Å². The van der Waals surface area contributed by atoms with E-state index in [1.54, 1.807) is 6.42 Å². The van der Waals surface area contributed by atoms with E-state index in [2.05, 4.69) is 11.9 Å². The molecule has 0 aromatic carbocycles. The van der Waals surface area contributed by atoms with E-state index in [1.165, 1.54) is 12.8 Å². The van der Waals surface area contributed by atoms with E-state index >= 15 is 0 Å². The van der Waals surface area contributed by atoms with Gasteiger partial charge in [-0.3, -0.25) is 4.90 Å². The highest BCUT2D eigenvalue weighted by atomic mass is 15.3. The lowest BCUT2D eigenvalue weighted by atomic mass is 9.94. The third kappa shape index (κ3) is 0.389. The highest BCUT2D eigenvalue weighted by Gasteiger charge is 2.61. The molecule has 0 amide bonds. The fourth-order valence-electron chi connectivity index (χ4n) is 3.16. The van der Waals surface area contributed by atoms with Gasteiger partial charge in [0.15, 0.2) is 0 Å². The van der Waals surface area contributed by atoms with Gasteiger partial charge in [0.1, 0.15) is 0 Å². The van der Waals surface area contributed by atoms with Crippen LogP contribution < -0.4 is 0 Å². The fraction of sp³-hybridized carbons (Fsp3) is 1.00. The Labute approximate surface area is 56.0 Å². The molecular formula is C8H13N. The topological polar surface area (TPSA) is 3.24 Å². The molecule has 4 rings (SSSR count). The summed E-state index contributed by atoms with van der Waals surface area (Å²) < 4.78 is 0. The minimum Gasteiger partial charge on any atom is -0.300 e. The van der Waals surface area contributed by atoms with Crippen LogP contribution in [-0.2, 0) is 0 Å². The van der Waals surface area contributed by atoms with Crippen LogP contribution in [0.1, 0.15) is 19.3 Å². The standard InChI is InChI=1S/C8H13N/c1-9-5-2-3-6-7(4-5)8(6)9/h5-8H,2-4H2,1H3. The van der Waals surface area contributed by atoms with Crippen molar-refractivity contribution < 1.29 is 0 Å². The van der Waals surface area contributed by atoms with E-state index < -0.39 is 0 Å². The molecule has 0 spiro atoms. The third-order valence-corrected chi connectivity index (χ3v) is 3.71. The minimum atomic E-state index is 0.991. The van der Waals surface area contributed by atoms with Crippen LogP contribution >= 0.6 is 0 Å². The van der Waals surface area contributed by atoms with Gasteiger partial charge in [-0.2, -0.15) is 0 Å². The zero-order valence-electron chi connectivity index (χ0n) is 5.88. The maximum atomic E-state index is 2.62. The van der Waals surface area contributed by atoms with Crippen molar-refractivity contribution in [2.24, 2.45) is 11.8 Å². The predicted molar refractivity (Wildman–Crippen MR) is 36.2 cm³/mol. The molecule has 1 heteroatoms. The molecular weight excluding hydrogens is 110 g/mol. The maximum absolute atomic E-state index is 2.62. The highest BCUT2D eigenvalue weighted by Crippen LogP contribution is 2.59. The van der Waals surface area contributed by atoms with Crippen LogP contribution in [0.25, 0.3) is 0 Å². The van der Waals surface area contributed by atoms with Gasteiger partial charge in [-0.05, 0) is 38.1 Å². The second-order valence-electron chi connectivity index (χ2n) is 3.95. The van der Waals surface area contributed by atoms with Crippen LogP contribution in [-0.4, -0.2) is 24.0 Å². The molecule has 0 radical (unpaired) electrons. The van der Waals surface area contributed by atoms with E-state index in [1.807, 2.05) is 0 Å². The average Bonchev–Trinajstić information content (AvgIpc) is 2.52. The summed E-state index contributed by atoms with van der Waals surface area (Å²) in [5.41, 5.74) is 0. The van der Waals surface area contributed by atoms with E-state index in [-0.39, 0.29) is 0 Å². The lowest BCUT2D eigenvalue weighted by molar-refractivity contribution is 0.183. The summed E-state index contributed by atoms with van der Waals surface area (Å²) in [5, 5.41) is 0. The summed E-state index contributed by atoms with van der Waals surface area (Å²) in [4.78, 5) is 2.62. The Kier molecular flexibility index (Phi) is 0.628. The number of piperidine rings is 2. The zero-order chi connectivity index (χ0) is 6.01. The first-order valence-corrected chi connectivity index (χ1v) is 4.10. The van der Waals surface area contributed by atoms with E-state index in [9.17, 15) is 0 Å². The fourth-order valence-corrected chi connectivity index (χ4v) is 3.16. The summed E-state index contributed by atoms with van der Waals surface area (Å²) >= 11 is 0. The largest absolute Gasteiger partial charge is 0.300 e. The van der Waals surface area contributed by atoms with Gasteiger partial charge >= 0.3 is 0 Å². The molecule has 4 unspecified atom stereocenters. The third-order valence-electron chi connectivity index (χ3n) is 3.71. The Morgan fingerprint density at radius 1 is 1.22 bits per heavy atom. The molecule has 4 fully saturated rings. The summed E-state index contributed by atoms with van der Waals surface area (Å²) in [6.07, 6.45) is 4.57. The number of fused-ring (bicyclic) bond motifs is 1. The lowest BCUT2D eigenvalue weighted by Gasteiger charge is -2.30. The summed E-state index contributed by atoms with van der Waals surface area (Å²) in [7, 11) is 2.31. The van der Waals surface area contributed by atoms with Crippen molar-refractivity contribution in [2.45, 2.75) is 31.3 Å². The molecule has 4 aliphatic rings. The van der Waals surface area contributed by atoms with Crippen LogP contribution in [0.15, 0.2) is 0 Å². The molecule has 2 saturated heterocycles. The predicted octanol–water partition coefficient (Wildman–Crippen LogP) is 1.10.